The normalized spacial score (nSPS) is 29.6. The van der Waals surface area contributed by atoms with E-state index in [1.54, 1.807) is 44.2 Å². The third kappa shape index (κ3) is 2.65. The molecule has 3 N–H and O–H groups in total. The molecule has 34 heavy (non-hydrogen) atoms. The fraction of sp³-hybridized carbons (Fsp3) is 0.375. The quantitative estimate of drug-likeness (QED) is 0.568. The second-order valence-electron chi connectivity index (χ2n) is 9.22. The van der Waals surface area contributed by atoms with E-state index in [9.17, 15) is 19.5 Å². The lowest BCUT2D eigenvalue weighted by atomic mass is 9.76. The van der Waals surface area contributed by atoms with Gasteiger partial charge in [-0.15, -0.1) is 0 Å². The van der Waals surface area contributed by atoms with Gasteiger partial charge in [0.1, 0.15) is 5.54 Å². The number of likely N-dealkylation sites (tertiary alicyclic amines) is 1. The average Bonchev–Trinajstić information content (AvgIpc) is 3.53. The Hall–Kier alpha value is -3.14. The van der Waals surface area contributed by atoms with Gasteiger partial charge in [-0.05, 0) is 43.2 Å². The number of rotatable bonds is 3. The van der Waals surface area contributed by atoms with Crippen molar-refractivity contribution >= 4 is 35.0 Å². The van der Waals surface area contributed by atoms with Crippen molar-refractivity contribution in [3.8, 4) is 11.5 Å². The number of amides is 3. The Morgan fingerprint density at radius 1 is 1.18 bits per heavy atom. The number of nitrogens with one attached hydrogen (secondary N) is 2. The Morgan fingerprint density at radius 3 is 2.71 bits per heavy atom. The SMILES string of the molecule is Cc1c(Cl)ccc2c1NC(=O)[C@]21N[C@@H]([C@H](C)O)[C@H]2C(=O)N(Cc3ccc4c(c3)OCO4)C(=O)[C@H]21. The number of hydrogen-bond acceptors (Lipinski definition) is 7. The number of halogens is 1. The maximum atomic E-state index is 13.8. The van der Waals surface area contributed by atoms with Gasteiger partial charge < -0.3 is 19.9 Å². The minimum Gasteiger partial charge on any atom is -0.454 e. The first-order valence-electron chi connectivity index (χ1n) is 11.0. The minimum absolute atomic E-state index is 0.0258. The molecule has 0 bridgehead atoms. The number of benzene rings is 2. The van der Waals surface area contributed by atoms with Crippen LogP contribution >= 0.6 is 11.6 Å². The molecule has 0 unspecified atom stereocenters. The highest BCUT2D eigenvalue weighted by Crippen LogP contribution is 2.54. The van der Waals surface area contributed by atoms with E-state index in [0.717, 1.165) is 0 Å². The number of ether oxygens (including phenoxy) is 2. The predicted molar refractivity (Wildman–Crippen MR) is 120 cm³/mol. The van der Waals surface area contributed by atoms with Crippen LogP contribution in [0.25, 0.3) is 0 Å². The van der Waals surface area contributed by atoms with Gasteiger partial charge in [0.2, 0.25) is 24.5 Å². The summed E-state index contributed by atoms with van der Waals surface area (Å²) < 4.78 is 10.7. The number of nitrogens with zero attached hydrogens (tertiary/aromatic N) is 1. The van der Waals surface area contributed by atoms with Crippen LogP contribution in [0.15, 0.2) is 30.3 Å². The summed E-state index contributed by atoms with van der Waals surface area (Å²) in [5, 5.41) is 17.1. The number of imide groups is 1. The summed E-state index contributed by atoms with van der Waals surface area (Å²) in [4.78, 5) is 42.0. The summed E-state index contributed by atoms with van der Waals surface area (Å²) in [6.45, 7) is 3.48. The highest BCUT2D eigenvalue weighted by atomic mass is 35.5. The number of aliphatic hydroxyl groups is 1. The molecule has 2 saturated heterocycles. The highest BCUT2D eigenvalue weighted by molar-refractivity contribution is 6.32. The molecule has 0 aliphatic carbocycles. The Balaban J connectivity index is 1.43. The molecule has 1 spiro atoms. The fourth-order valence-electron chi connectivity index (χ4n) is 5.77. The zero-order valence-electron chi connectivity index (χ0n) is 18.4. The van der Waals surface area contributed by atoms with Crippen LogP contribution in [0.1, 0.15) is 23.6 Å². The van der Waals surface area contributed by atoms with E-state index < -0.39 is 47.2 Å². The summed E-state index contributed by atoms with van der Waals surface area (Å²) in [6.07, 6.45) is -0.973. The molecule has 5 atom stereocenters. The standard InChI is InChI=1S/C24H22ClN3O6/c1-10-14(25)5-4-13-19(10)26-23(32)24(13)18-17(20(27-24)11(2)29)21(30)28(22(18)31)8-12-3-6-15-16(7-12)34-9-33-15/h3-7,11,17-18,20,27,29H,8-9H2,1-2H3,(H,26,32)/t11-,17-,18-,20-,24-/m0/s1. The molecule has 2 aromatic rings. The molecular formula is C24H22ClN3O6. The summed E-state index contributed by atoms with van der Waals surface area (Å²) in [7, 11) is 0. The predicted octanol–water partition coefficient (Wildman–Crippen LogP) is 1.68. The lowest BCUT2D eigenvalue weighted by Crippen LogP contribution is -2.54. The average molecular weight is 484 g/mol. The molecule has 176 valence electrons. The third-order valence-corrected chi connectivity index (χ3v) is 7.82. The van der Waals surface area contributed by atoms with Gasteiger partial charge in [0.25, 0.3) is 0 Å². The maximum Gasteiger partial charge on any atom is 0.250 e. The number of hydrogen-bond donors (Lipinski definition) is 3. The number of anilines is 1. The fourth-order valence-corrected chi connectivity index (χ4v) is 5.93. The van der Waals surface area contributed by atoms with Crippen LogP contribution in [-0.2, 0) is 26.5 Å². The van der Waals surface area contributed by atoms with Crippen molar-refractivity contribution in [2.75, 3.05) is 12.1 Å². The van der Waals surface area contributed by atoms with E-state index >= 15 is 0 Å². The van der Waals surface area contributed by atoms with Crippen molar-refractivity contribution in [3.63, 3.8) is 0 Å². The van der Waals surface area contributed by atoms with Gasteiger partial charge in [0, 0.05) is 16.6 Å². The van der Waals surface area contributed by atoms with Crippen LogP contribution in [0.5, 0.6) is 11.5 Å². The van der Waals surface area contributed by atoms with Crippen LogP contribution in [0.3, 0.4) is 0 Å². The lowest BCUT2D eigenvalue weighted by Gasteiger charge is -2.30. The van der Waals surface area contributed by atoms with E-state index in [-0.39, 0.29) is 13.3 Å². The summed E-state index contributed by atoms with van der Waals surface area (Å²) >= 11 is 6.27. The van der Waals surface area contributed by atoms with E-state index in [4.69, 9.17) is 21.1 Å². The smallest absolute Gasteiger partial charge is 0.250 e. The van der Waals surface area contributed by atoms with E-state index in [2.05, 4.69) is 10.6 Å². The Morgan fingerprint density at radius 2 is 1.94 bits per heavy atom. The van der Waals surface area contributed by atoms with E-state index in [1.165, 1.54) is 4.90 Å². The lowest BCUT2D eigenvalue weighted by molar-refractivity contribution is -0.143. The van der Waals surface area contributed by atoms with Crippen LogP contribution in [0, 0.1) is 18.8 Å². The Bertz CT molecular complexity index is 1280. The molecule has 4 aliphatic rings. The third-order valence-electron chi connectivity index (χ3n) is 7.41. The second-order valence-corrected chi connectivity index (χ2v) is 9.63. The summed E-state index contributed by atoms with van der Waals surface area (Å²) in [5.41, 5.74) is 0.985. The van der Waals surface area contributed by atoms with Crippen molar-refractivity contribution in [1.82, 2.24) is 10.2 Å². The van der Waals surface area contributed by atoms with E-state index in [0.29, 0.717) is 38.9 Å². The number of carbonyl (C=O) groups excluding carboxylic acids is 3. The summed E-state index contributed by atoms with van der Waals surface area (Å²) in [5.74, 6) is -2.06. The van der Waals surface area contributed by atoms with Gasteiger partial charge in [0.15, 0.2) is 11.5 Å². The number of aliphatic hydroxyl groups excluding tert-OH is 1. The zero-order chi connectivity index (χ0) is 23.9. The van der Waals surface area contributed by atoms with Crippen molar-refractivity contribution in [3.05, 3.63) is 52.0 Å². The van der Waals surface area contributed by atoms with Crippen LogP contribution in [-0.4, -0.2) is 46.7 Å². The van der Waals surface area contributed by atoms with Crippen LogP contribution in [0.2, 0.25) is 5.02 Å². The molecule has 3 amide bonds. The van der Waals surface area contributed by atoms with Gasteiger partial charge in [-0.3, -0.25) is 24.6 Å². The van der Waals surface area contributed by atoms with Gasteiger partial charge >= 0.3 is 0 Å². The van der Waals surface area contributed by atoms with Gasteiger partial charge in [0.05, 0.1) is 30.2 Å². The molecule has 4 aliphatic heterocycles. The van der Waals surface area contributed by atoms with Gasteiger partial charge in [-0.25, -0.2) is 0 Å². The first-order valence-corrected chi connectivity index (χ1v) is 11.4. The topological polar surface area (TPSA) is 117 Å². The van der Waals surface area contributed by atoms with Crippen LogP contribution < -0.4 is 20.1 Å². The first-order chi connectivity index (χ1) is 16.2. The van der Waals surface area contributed by atoms with Crippen molar-refractivity contribution in [1.29, 1.82) is 0 Å². The molecule has 6 rings (SSSR count). The van der Waals surface area contributed by atoms with Crippen LogP contribution in [0.4, 0.5) is 5.69 Å². The number of fused-ring (bicyclic) bond motifs is 5. The molecule has 9 nitrogen and oxygen atoms in total. The van der Waals surface area contributed by atoms with Gasteiger partial charge in [-0.2, -0.15) is 0 Å². The Kier molecular flexibility index (Phi) is 4.52. The monoisotopic (exact) mass is 483 g/mol. The highest BCUT2D eigenvalue weighted by Gasteiger charge is 2.71. The maximum absolute atomic E-state index is 13.8. The molecular weight excluding hydrogens is 462 g/mol. The molecule has 0 saturated carbocycles. The van der Waals surface area contributed by atoms with Crippen molar-refractivity contribution < 1.29 is 29.0 Å². The first kappa shape index (κ1) is 21.4. The molecule has 0 radical (unpaired) electrons. The largest absolute Gasteiger partial charge is 0.454 e. The number of carbonyl (C=O) groups is 3. The molecule has 0 aromatic heterocycles. The van der Waals surface area contributed by atoms with Gasteiger partial charge in [-0.1, -0.05) is 23.7 Å². The molecule has 2 aromatic carbocycles. The van der Waals surface area contributed by atoms with E-state index in [1.807, 2.05) is 0 Å². The summed E-state index contributed by atoms with van der Waals surface area (Å²) in [6, 6.07) is 7.84. The van der Waals surface area contributed by atoms with Crippen molar-refractivity contribution in [2.24, 2.45) is 11.8 Å². The molecule has 10 heteroatoms. The molecule has 4 heterocycles. The van der Waals surface area contributed by atoms with Crippen molar-refractivity contribution in [2.45, 2.75) is 38.1 Å². The zero-order valence-corrected chi connectivity index (χ0v) is 19.2. The second kappa shape index (κ2) is 7.18. The minimum atomic E-state index is -1.48. The molecule has 2 fully saturated rings. The Labute approximate surface area is 200 Å².